The van der Waals surface area contributed by atoms with Gasteiger partial charge in [0.2, 0.25) is 11.8 Å². The maximum atomic E-state index is 15.0. The van der Waals surface area contributed by atoms with E-state index in [9.17, 15) is 8.78 Å². The molecule has 0 aliphatic heterocycles. The van der Waals surface area contributed by atoms with Gasteiger partial charge in [-0.2, -0.15) is 15.5 Å². The second-order valence-corrected chi connectivity index (χ2v) is 8.27. The van der Waals surface area contributed by atoms with Gasteiger partial charge in [0.25, 0.3) is 0 Å². The molecule has 6 nitrogen and oxygen atoms in total. The van der Waals surface area contributed by atoms with Crippen molar-refractivity contribution in [1.82, 2.24) is 9.97 Å². The van der Waals surface area contributed by atoms with Crippen LogP contribution in [0, 0.1) is 34.3 Å². The lowest BCUT2D eigenvalue weighted by molar-refractivity contribution is 0.433. The molecule has 5 rings (SSSR count). The van der Waals surface area contributed by atoms with Crippen LogP contribution in [0.3, 0.4) is 0 Å². The van der Waals surface area contributed by atoms with Crippen molar-refractivity contribution in [2.45, 2.75) is 0 Å². The van der Waals surface area contributed by atoms with Crippen LogP contribution in [-0.4, -0.2) is 9.97 Å². The van der Waals surface area contributed by atoms with Gasteiger partial charge in [0.15, 0.2) is 11.6 Å². The minimum Gasteiger partial charge on any atom is -0.434 e. The molecular formula is C26H13F2N5OS. The van der Waals surface area contributed by atoms with Gasteiger partial charge in [0.05, 0.1) is 28.8 Å². The molecular weight excluding hydrogens is 468 g/mol. The number of thiophene rings is 1. The van der Waals surface area contributed by atoms with E-state index in [1.54, 1.807) is 30.3 Å². The van der Waals surface area contributed by atoms with Crippen LogP contribution in [0.2, 0.25) is 0 Å². The van der Waals surface area contributed by atoms with Crippen LogP contribution in [0.15, 0.2) is 72.1 Å². The zero-order valence-corrected chi connectivity index (χ0v) is 18.6. The highest BCUT2D eigenvalue weighted by molar-refractivity contribution is 7.17. The van der Waals surface area contributed by atoms with E-state index in [-0.39, 0.29) is 28.7 Å². The van der Waals surface area contributed by atoms with Gasteiger partial charge < -0.3 is 10.1 Å². The fraction of sp³-hybridized carbons (Fsp3) is 0. The van der Waals surface area contributed by atoms with Gasteiger partial charge in [-0.1, -0.05) is 12.1 Å². The molecule has 0 aliphatic carbocycles. The van der Waals surface area contributed by atoms with Crippen molar-refractivity contribution in [3.63, 3.8) is 0 Å². The molecule has 0 saturated heterocycles. The number of rotatable bonds is 5. The largest absolute Gasteiger partial charge is 0.434 e. The van der Waals surface area contributed by atoms with E-state index < -0.39 is 11.6 Å². The van der Waals surface area contributed by atoms with E-state index in [1.165, 1.54) is 41.7 Å². The summed E-state index contributed by atoms with van der Waals surface area (Å²) in [5, 5.41) is 22.7. The van der Waals surface area contributed by atoms with Crippen LogP contribution in [0.5, 0.6) is 11.6 Å². The molecule has 2 heterocycles. The molecule has 2 aromatic heterocycles. The Morgan fingerprint density at radius 1 is 0.829 bits per heavy atom. The molecule has 0 spiro atoms. The number of benzene rings is 3. The molecule has 9 heteroatoms. The van der Waals surface area contributed by atoms with Gasteiger partial charge in [-0.25, -0.2) is 13.8 Å². The first-order valence-corrected chi connectivity index (χ1v) is 11.1. The summed E-state index contributed by atoms with van der Waals surface area (Å²) < 4.78 is 35.8. The highest BCUT2D eigenvalue weighted by Gasteiger charge is 2.16. The van der Waals surface area contributed by atoms with E-state index in [4.69, 9.17) is 15.3 Å². The van der Waals surface area contributed by atoms with Crippen LogP contribution < -0.4 is 10.1 Å². The molecule has 5 aromatic rings. The third-order valence-electron chi connectivity index (χ3n) is 5.09. The second-order valence-electron chi connectivity index (χ2n) is 7.36. The SMILES string of the molecule is N#Cc1ccc(Nc2nc(Oc3ccc(-c4ccc(C#N)cc4F)cc3F)c3sccc3n2)cc1. The zero-order chi connectivity index (χ0) is 24.4. The molecule has 3 aromatic carbocycles. The van der Waals surface area contributed by atoms with E-state index >= 15 is 0 Å². The van der Waals surface area contributed by atoms with Crippen molar-refractivity contribution >= 4 is 33.2 Å². The van der Waals surface area contributed by atoms with Gasteiger partial charge in [-0.05, 0) is 65.5 Å². The van der Waals surface area contributed by atoms with Crippen LogP contribution in [0.25, 0.3) is 21.3 Å². The molecule has 0 bridgehead atoms. The van der Waals surface area contributed by atoms with Crippen LogP contribution in [0.4, 0.5) is 20.4 Å². The summed E-state index contributed by atoms with van der Waals surface area (Å²) in [4.78, 5) is 8.87. The minimum atomic E-state index is -0.698. The molecule has 168 valence electrons. The Labute approximate surface area is 202 Å². The van der Waals surface area contributed by atoms with Gasteiger partial charge >= 0.3 is 0 Å². The molecule has 1 N–H and O–H groups in total. The molecule has 0 saturated carbocycles. The molecule has 0 fully saturated rings. The van der Waals surface area contributed by atoms with Crippen LogP contribution in [-0.2, 0) is 0 Å². The summed E-state index contributed by atoms with van der Waals surface area (Å²) >= 11 is 1.35. The molecule has 35 heavy (non-hydrogen) atoms. The molecule has 0 radical (unpaired) electrons. The van der Waals surface area contributed by atoms with E-state index in [0.717, 1.165) is 6.07 Å². The smallest absolute Gasteiger partial charge is 0.242 e. The first-order valence-electron chi connectivity index (χ1n) is 10.2. The number of aromatic nitrogens is 2. The fourth-order valence-electron chi connectivity index (χ4n) is 3.39. The second kappa shape index (κ2) is 9.18. The Morgan fingerprint density at radius 2 is 1.60 bits per heavy atom. The normalized spacial score (nSPS) is 10.5. The number of nitrogens with zero attached hydrogens (tertiary/aromatic N) is 4. The third kappa shape index (κ3) is 4.49. The number of anilines is 2. The summed E-state index contributed by atoms with van der Waals surface area (Å²) in [7, 11) is 0. The molecule has 0 atom stereocenters. The summed E-state index contributed by atoms with van der Waals surface area (Å²) in [6.07, 6.45) is 0. The minimum absolute atomic E-state index is 0.0828. The summed E-state index contributed by atoms with van der Waals surface area (Å²) in [5.74, 6) is -0.993. The average molecular weight is 481 g/mol. The maximum Gasteiger partial charge on any atom is 0.242 e. The summed E-state index contributed by atoms with van der Waals surface area (Å²) in [6, 6.07) is 20.6. The van der Waals surface area contributed by atoms with Crippen molar-refractivity contribution < 1.29 is 13.5 Å². The number of nitrogens with one attached hydrogen (secondary N) is 1. The van der Waals surface area contributed by atoms with Crippen molar-refractivity contribution in [1.29, 1.82) is 10.5 Å². The molecule has 0 unspecified atom stereocenters. The van der Waals surface area contributed by atoms with E-state index in [0.29, 0.717) is 27.0 Å². The highest BCUT2D eigenvalue weighted by Crippen LogP contribution is 2.35. The Morgan fingerprint density at radius 3 is 2.31 bits per heavy atom. The standard InChI is InChI=1S/C26H13F2N5OS/c27-20-11-16(14-30)3-7-19(20)17-4-8-23(21(28)12-17)34-25-24-22(9-10-35-24)32-26(33-25)31-18-5-1-15(13-29)2-6-18/h1-12H,(H,31,32,33). The lowest BCUT2D eigenvalue weighted by Gasteiger charge is -2.11. The third-order valence-corrected chi connectivity index (χ3v) is 5.98. The predicted molar refractivity (Wildman–Crippen MR) is 128 cm³/mol. The zero-order valence-electron chi connectivity index (χ0n) is 17.8. The number of ether oxygens (including phenoxy) is 1. The maximum absolute atomic E-state index is 15.0. The van der Waals surface area contributed by atoms with Gasteiger partial charge in [0.1, 0.15) is 10.5 Å². The number of halogens is 2. The Bertz CT molecular complexity index is 1650. The van der Waals surface area contributed by atoms with Crippen molar-refractivity contribution in [2.24, 2.45) is 0 Å². The summed E-state index contributed by atoms with van der Waals surface area (Å²) in [6.45, 7) is 0. The molecule has 0 aliphatic rings. The fourth-order valence-corrected chi connectivity index (χ4v) is 4.15. The van der Waals surface area contributed by atoms with Crippen molar-refractivity contribution in [3.05, 3.63) is 94.9 Å². The number of fused-ring (bicyclic) bond motifs is 1. The van der Waals surface area contributed by atoms with Crippen molar-refractivity contribution in [2.75, 3.05) is 5.32 Å². The number of hydrogen-bond donors (Lipinski definition) is 1. The van der Waals surface area contributed by atoms with Gasteiger partial charge in [-0.3, -0.25) is 0 Å². The highest BCUT2D eigenvalue weighted by atomic mass is 32.1. The quantitative estimate of drug-likeness (QED) is 0.293. The molecule has 0 amide bonds. The van der Waals surface area contributed by atoms with Gasteiger partial charge in [-0.15, -0.1) is 11.3 Å². The Kier molecular flexibility index (Phi) is 5.76. The number of nitriles is 2. The van der Waals surface area contributed by atoms with E-state index in [1.807, 2.05) is 11.4 Å². The van der Waals surface area contributed by atoms with Gasteiger partial charge in [0, 0.05) is 11.3 Å². The van der Waals surface area contributed by atoms with Crippen LogP contribution in [0.1, 0.15) is 11.1 Å². The first kappa shape index (κ1) is 22.0. The lowest BCUT2D eigenvalue weighted by atomic mass is 10.0. The predicted octanol–water partition coefficient (Wildman–Crippen LogP) is 6.92. The average Bonchev–Trinajstić information content (AvgIpc) is 3.34. The Balaban J connectivity index is 1.45. The first-order chi connectivity index (χ1) is 17.0. The Hall–Kier alpha value is -4.86. The van der Waals surface area contributed by atoms with E-state index in [2.05, 4.69) is 21.4 Å². The topological polar surface area (TPSA) is 94.6 Å². The number of hydrogen-bond acceptors (Lipinski definition) is 7. The monoisotopic (exact) mass is 481 g/mol. The van der Waals surface area contributed by atoms with Crippen LogP contribution >= 0.6 is 11.3 Å². The lowest BCUT2D eigenvalue weighted by Crippen LogP contribution is -2.00. The summed E-state index contributed by atoms with van der Waals surface area (Å²) in [5.41, 5.74) is 2.47. The van der Waals surface area contributed by atoms with Crippen molar-refractivity contribution in [3.8, 4) is 34.9 Å².